The maximum Gasteiger partial charge on any atom is 0.131 e. The lowest BCUT2D eigenvalue weighted by Crippen LogP contribution is -2.22. The smallest absolute Gasteiger partial charge is 0.131 e. The van der Waals surface area contributed by atoms with Crippen LogP contribution in [0.4, 0.5) is 4.39 Å². The Labute approximate surface area is 108 Å². The summed E-state index contributed by atoms with van der Waals surface area (Å²) in [6.45, 7) is 6.90. The van der Waals surface area contributed by atoms with E-state index < -0.39 is 0 Å². The van der Waals surface area contributed by atoms with Crippen molar-refractivity contribution in [2.75, 3.05) is 20.3 Å². The molecule has 0 bridgehead atoms. The molecule has 3 nitrogen and oxygen atoms in total. The Morgan fingerprint density at radius 2 is 2.06 bits per heavy atom. The molecule has 0 radical (unpaired) electrons. The summed E-state index contributed by atoms with van der Waals surface area (Å²) in [4.78, 5) is 0. The van der Waals surface area contributed by atoms with E-state index in [1.165, 1.54) is 6.07 Å². The molecule has 2 atom stereocenters. The molecule has 0 amide bonds. The minimum Gasteiger partial charge on any atom is -0.488 e. The number of hydrogen-bond donors (Lipinski definition) is 1. The van der Waals surface area contributed by atoms with E-state index in [9.17, 15) is 4.39 Å². The Morgan fingerprint density at radius 1 is 1.33 bits per heavy atom. The van der Waals surface area contributed by atoms with Crippen molar-refractivity contribution in [2.24, 2.45) is 0 Å². The van der Waals surface area contributed by atoms with Crippen LogP contribution in [0.25, 0.3) is 0 Å². The minimum atomic E-state index is -0.252. The zero-order valence-electron chi connectivity index (χ0n) is 11.5. The van der Waals surface area contributed by atoms with Crippen molar-refractivity contribution >= 4 is 0 Å². The topological polar surface area (TPSA) is 30.5 Å². The van der Waals surface area contributed by atoms with Crippen LogP contribution < -0.4 is 10.1 Å². The lowest BCUT2D eigenvalue weighted by Gasteiger charge is -2.20. The normalized spacial score (nSPS) is 14.3. The number of benzene rings is 1. The van der Waals surface area contributed by atoms with Crippen molar-refractivity contribution in [1.29, 1.82) is 0 Å². The van der Waals surface area contributed by atoms with Crippen LogP contribution in [0.15, 0.2) is 18.2 Å². The van der Waals surface area contributed by atoms with Crippen molar-refractivity contribution < 1.29 is 13.9 Å². The van der Waals surface area contributed by atoms with Gasteiger partial charge in [-0.2, -0.15) is 0 Å². The number of ether oxygens (including phenoxy) is 2. The second-order valence-electron chi connectivity index (χ2n) is 4.25. The molecule has 0 aliphatic rings. The molecule has 4 heteroatoms. The molecule has 0 aromatic heterocycles. The van der Waals surface area contributed by atoms with Crippen molar-refractivity contribution in [2.45, 2.75) is 32.9 Å². The van der Waals surface area contributed by atoms with Crippen LogP contribution in [-0.2, 0) is 4.74 Å². The van der Waals surface area contributed by atoms with E-state index in [-0.39, 0.29) is 18.0 Å². The molecule has 0 spiro atoms. The third-order valence-corrected chi connectivity index (χ3v) is 2.76. The fraction of sp³-hybridized carbons (Fsp3) is 0.571. The zero-order valence-corrected chi connectivity index (χ0v) is 11.5. The SMILES string of the molecule is CCOCC(C)Oc1cccc(F)c1C(C)NC. The summed E-state index contributed by atoms with van der Waals surface area (Å²) in [7, 11) is 1.80. The lowest BCUT2D eigenvalue weighted by molar-refractivity contribution is 0.0647. The van der Waals surface area contributed by atoms with Crippen LogP contribution in [0.5, 0.6) is 5.75 Å². The highest BCUT2D eigenvalue weighted by Crippen LogP contribution is 2.28. The monoisotopic (exact) mass is 255 g/mol. The Balaban J connectivity index is 2.84. The Kier molecular flexibility index (Phi) is 6.09. The molecular formula is C14H22FNO2. The first-order chi connectivity index (χ1) is 8.60. The van der Waals surface area contributed by atoms with Crippen LogP contribution in [0, 0.1) is 5.82 Å². The number of rotatable bonds is 7. The Bertz CT molecular complexity index is 371. The van der Waals surface area contributed by atoms with Gasteiger partial charge in [0.1, 0.15) is 17.7 Å². The fourth-order valence-electron chi connectivity index (χ4n) is 1.72. The van der Waals surface area contributed by atoms with E-state index >= 15 is 0 Å². The van der Waals surface area contributed by atoms with Crippen LogP contribution in [0.2, 0.25) is 0 Å². The van der Waals surface area contributed by atoms with Gasteiger partial charge < -0.3 is 14.8 Å². The van der Waals surface area contributed by atoms with Gasteiger partial charge in [-0.05, 0) is 40.0 Å². The predicted molar refractivity (Wildman–Crippen MR) is 70.5 cm³/mol. The summed E-state index contributed by atoms with van der Waals surface area (Å²) in [5, 5.41) is 3.03. The Hall–Kier alpha value is -1.13. The summed E-state index contributed by atoms with van der Waals surface area (Å²) < 4.78 is 24.9. The summed E-state index contributed by atoms with van der Waals surface area (Å²) in [5.74, 6) is 0.321. The summed E-state index contributed by atoms with van der Waals surface area (Å²) in [6.07, 6.45) is -0.102. The van der Waals surface area contributed by atoms with E-state index in [1.54, 1.807) is 19.2 Å². The van der Waals surface area contributed by atoms with Crippen molar-refractivity contribution in [3.05, 3.63) is 29.6 Å². The molecule has 1 aromatic carbocycles. The zero-order chi connectivity index (χ0) is 13.5. The summed E-state index contributed by atoms with van der Waals surface area (Å²) >= 11 is 0. The van der Waals surface area contributed by atoms with E-state index in [1.807, 2.05) is 20.8 Å². The average molecular weight is 255 g/mol. The number of nitrogens with one attached hydrogen (secondary N) is 1. The lowest BCUT2D eigenvalue weighted by atomic mass is 10.1. The predicted octanol–water partition coefficient (Wildman–Crippen LogP) is 2.91. The highest BCUT2D eigenvalue weighted by Gasteiger charge is 2.17. The van der Waals surface area contributed by atoms with E-state index in [0.29, 0.717) is 24.5 Å². The Morgan fingerprint density at radius 3 is 2.67 bits per heavy atom. The molecule has 0 fully saturated rings. The molecule has 0 saturated carbocycles. The maximum absolute atomic E-state index is 13.8. The fourth-order valence-corrected chi connectivity index (χ4v) is 1.72. The molecule has 102 valence electrons. The van der Waals surface area contributed by atoms with Gasteiger partial charge in [0.05, 0.1) is 6.61 Å². The van der Waals surface area contributed by atoms with Crippen LogP contribution in [-0.4, -0.2) is 26.4 Å². The standard InChI is InChI=1S/C14H22FNO2/c1-5-17-9-10(2)18-13-8-6-7-12(15)14(13)11(3)16-4/h6-8,10-11,16H,5,9H2,1-4H3. The first kappa shape index (κ1) is 14.9. The molecule has 1 N–H and O–H groups in total. The van der Waals surface area contributed by atoms with Gasteiger partial charge in [0.25, 0.3) is 0 Å². The third-order valence-electron chi connectivity index (χ3n) is 2.76. The number of halogens is 1. The third kappa shape index (κ3) is 3.96. The largest absolute Gasteiger partial charge is 0.488 e. The van der Waals surface area contributed by atoms with E-state index in [2.05, 4.69) is 5.32 Å². The summed E-state index contributed by atoms with van der Waals surface area (Å²) in [5.41, 5.74) is 0.559. The molecule has 0 aliphatic heterocycles. The van der Waals surface area contributed by atoms with Crippen LogP contribution >= 0.6 is 0 Å². The molecule has 0 saturated heterocycles. The van der Waals surface area contributed by atoms with Gasteiger partial charge in [-0.15, -0.1) is 0 Å². The van der Waals surface area contributed by atoms with E-state index in [4.69, 9.17) is 9.47 Å². The second-order valence-corrected chi connectivity index (χ2v) is 4.25. The van der Waals surface area contributed by atoms with Gasteiger partial charge >= 0.3 is 0 Å². The first-order valence-electron chi connectivity index (χ1n) is 6.30. The molecule has 0 aliphatic carbocycles. The maximum atomic E-state index is 13.8. The molecule has 2 unspecified atom stereocenters. The second kappa shape index (κ2) is 7.34. The molecule has 18 heavy (non-hydrogen) atoms. The van der Waals surface area contributed by atoms with Crippen molar-refractivity contribution in [1.82, 2.24) is 5.32 Å². The molecular weight excluding hydrogens is 233 g/mol. The van der Waals surface area contributed by atoms with Gasteiger partial charge in [0.15, 0.2) is 0 Å². The quantitative estimate of drug-likeness (QED) is 0.812. The first-order valence-corrected chi connectivity index (χ1v) is 6.30. The number of hydrogen-bond acceptors (Lipinski definition) is 3. The van der Waals surface area contributed by atoms with Gasteiger partial charge in [-0.3, -0.25) is 0 Å². The highest BCUT2D eigenvalue weighted by molar-refractivity contribution is 5.37. The van der Waals surface area contributed by atoms with Gasteiger partial charge in [-0.25, -0.2) is 4.39 Å². The van der Waals surface area contributed by atoms with Crippen LogP contribution in [0.3, 0.4) is 0 Å². The van der Waals surface area contributed by atoms with Crippen molar-refractivity contribution in [3.63, 3.8) is 0 Å². The van der Waals surface area contributed by atoms with Crippen molar-refractivity contribution in [3.8, 4) is 5.75 Å². The van der Waals surface area contributed by atoms with Gasteiger partial charge in [0, 0.05) is 18.2 Å². The molecule has 0 heterocycles. The molecule has 1 rings (SSSR count). The van der Waals surface area contributed by atoms with Crippen LogP contribution in [0.1, 0.15) is 32.4 Å². The molecule has 1 aromatic rings. The van der Waals surface area contributed by atoms with Gasteiger partial charge in [-0.1, -0.05) is 6.07 Å². The minimum absolute atomic E-state index is 0.0968. The van der Waals surface area contributed by atoms with E-state index in [0.717, 1.165) is 0 Å². The van der Waals surface area contributed by atoms with Gasteiger partial charge in [0.2, 0.25) is 0 Å². The average Bonchev–Trinajstić information content (AvgIpc) is 2.35. The highest BCUT2D eigenvalue weighted by atomic mass is 19.1. The summed E-state index contributed by atoms with van der Waals surface area (Å²) in [6, 6.07) is 4.79.